The second-order valence-corrected chi connectivity index (χ2v) is 7.16. The summed E-state index contributed by atoms with van der Waals surface area (Å²) in [5.41, 5.74) is 1.38. The van der Waals surface area contributed by atoms with Crippen LogP contribution in [-0.4, -0.2) is 24.5 Å². The minimum absolute atomic E-state index is 0.0356. The van der Waals surface area contributed by atoms with Crippen molar-refractivity contribution in [2.75, 3.05) is 13.7 Å². The maximum Gasteiger partial charge on any atom is 0.271 e. The van der Waals surface area contributed by atoms with Crippen LogP contribution in [0.25, 0.3) is 10.6 Å². The van der Waals surface area contributed by atoms with Gasteiger partial charge in [-0.3, -0.25) is 4.79 Å². The highest BCUT2D eigenvalue weighted by atomic mass is 35.5. The molecule has 0 bridgehead atoms. The number of nitrogens with one attached hydrogen (secondary N) is 1. The molecule has 0 radical (unpaired) electrons. The number of rotatable bonds is 8. The average molecular weight is 433 g/mol. The summed E-state index contributed by atoms with van der Waals surface area (Å²) in [6.45, 7) is 3.90. The molecule has 0 unspecified atom stereocenters. The van der Waals surface area contributed by atoms with Gasteiger partial charge in [-0.15, -0.1) is 17.9 Å². The van der Waals surface area contributed by atoms with E-state index in [1.807, 2.05) is 0 Å². The molecule has 0 atom stereocenters. The maximum absolute atomic E-state index is 13.9. The van der Waals surface area contributed by atoms with E-state index in [9.17, 15) is 9.18 Å². The second kappa shape index (κ2) is 9.54. The molecule has 1 amide bonds. The highest BCUT2D eigenvalue weighted by Crippen LogP contribution is 2.34. The smallest absolute Gasteiger partial charge is 0.271 e. The Morgan fingerprint density at radius 1 is 1.34 bits per heavy atom. The zero-order chi connectivity index (χ0) is 20.8. The Bertz CT molecular complexity index is 1020. The van der Waals surface area contributed by atoms with Gasteiger partial charge >= 0.3 is 0 Å². The van der Waals surface area contributed by atoms with E-state index in [4.69, 9.17) is 21.1 Å². The van der Waals surface area contributed by atoms with E-state index >= 15 is 0 Å². The van der Waals surface area contributed by atoms with Crippen LogP contribution in [0.2, 0.25) is 5.02 Å². The highest BCUT2D eigenvalue weighted by molar-refractivity contribution is 7.13. The summed E-state index contributed by atoms with van der Waals surface area (Å²) in [6, 6.07) is 9.73. The zero-order valence-electron chi connectivity index (χ0n) is 15.6. The van der Waals surface area contributed by atoms with Crippen LogP contribution in [0.5, 0.6) is 11.5 Å². The first-order chi connectivity index (χ1) is 14.0. The van der Waals surface area contributed by atoms with Crippen LogP contribution in [0.15, 0.2) is 54.4 Å². The van der Waals surface area contributed by atoms with Crippen molar-refractivity contribution in [1.29, 1.82) is 0 Å². The number of nitrogens with zero attached hydrogens (tertiary/aromatic N) is 1. The highest BCUT2D eigenvalue weighted by Gasteiger charge is 2.14. The van der Waals surface area contributed by atoms with Crippen molar-refractivity contribution < 1.29 is 18.7 Å². The molecular weight excluding hydrogens is 415 g/mol. The molecular formula is C21H18ClFN2O3S. The lowest BCUT2D eigenvalue weighted by atomic mass is 10.2. The summed E-state index contributed by atoms with van der Waals surface area (Å²) in [7, 11) is 1.51. The zero-order valence-corrected chi connectivity index (χ0v) is 17.1. The fourth-order valence-corrected chi connectivity index (χ4v) is 3.52. The molecule has 0 saturated heterocycles. The molecule has 0 aliphatic heterocycles. The standard InChI is InChI=1S/C21H18ClFN2O3S/c1-3-9-24-20(26)17-12-29-21(25-17)13-7-8-18(19(10-13)27-2)28-11-14-15(22)5-4-6-16(14)23/h3-8,10,12H,1,9,11H2,2H3,(H,24,26). The van der Waals surface area contributed by atoms with E-state index < -0.39 is 5.82 Å². The maximum atomic E-state index is 13.9. The number of aromatic nitrogens is 1. The molecule has 0 saturated carbocycles. The average Bonchev–Trinajstić information content (AvgIpc) is 3.22. The van der Waals surface area contributed by atoms with Crippen molar-refractivity contribution in [3.8, 4) is 22.1 Å². The third-order valence-electron chi connectivity index (χ3n) is 3.99. The van der Waals surface area contributed by atoms with Gasteiger partial charge < -0.3 is 14.8 Å². The summed E-state index contributed by atoms with van der Waals surface area (Å²) >= 11 is 7.38. The van der Waals surface area contributed by atoms with Gasteiger partial charge in [0.1, 0.15) is 23.1 Å². The van der Waals surface area contributed by atoms with E-state index in [1.54, 1.807) is 35.7 Å². The van der Waals surface area contributed by atoms with Crippen LogP contribution in [0.1, 0.15) is 16.1 Å². The van der Waals surface area contributed by atoms with Crippen LogP contribution in [0.4, 0.5) is 4.39 Å². The molecule has 0 spiro atoms. The third kappa shape index (κ3) is 4.93. The Kier molecular flexibility index (Phi) is 6.85. The summed E-state index contributed by atoms with van der Waals surface area (Å²) < 4.78 is 25.0. The molecule has 0 aliphatic rings. The molecule has 0 aliphatic carbocycles. The van der Waals surface area contributed by atoms with Gasteiger partial charge in [-0.05, 0) is 30.3 Å². The normalized spacial score (nSPS) is 10.4. The molecule has 5 nitrogen and oxygen atoms in total. The molecule has 0 fully saturated rings. The summed E-state index contributed by atoms with van der Waals surface area (Å²) in [5.74, 6) is 0.207. The first-order valence-corrected chi connectivity index (χ1v) is 9.88. The Labute approximate surface area is 176 Å². The second-order valence-electron chi connectivity index (χ2n) is 5.89. The molecule has 8 heteroatoms. The molecule has 1 heterocycles. The monoisotopic (exact) mass is 432 g/mol. The fourth-order valence-electron chi connectivity index (χ4n) is 2.51. The molecule has 150 valence electrons. The van der Waals surface area contributed by atoms with Gasteiger partial charge in [0.05, 0.1) is 12.1 Å². The van der Waals surface area contributed by atoms with Gasteiger partial charge in [0.15, 0.2) is 11.5 Å². The van der Waals surface area contributed by atoms with Gasteiger partial charge in [-0.2, -0.15) is 0 Å². The van der Waals surface area contributed by atoms with Crippen molar-refractivity contribution in [3.63, 3.8) is 0 Å². The topological polar surface area (TPSA) is 60.5 Å². The summed E-state index contributed by atoms with van der Waals surface area (Å²) in [6.07, 6.45) is 1.60. The van der Waals surface area contributed by atoms with Crippen LogP contribution < -0.4 is 14.8 Å². The minimum Gasteiger partial charge on any atom is -0.493 e. The third-order valence-corrected chi connectivity index (χ3v) is 5.23. The van der Waals surface area contributed by atoms with E-state index in [2.05, 4.69) is 16.9 Å². The lowest BCUT2D eigenvalue weighted by molar-refractivity contribution is 0.0954. The molecule has 3 aromatic rings. The predicted molar refractivity (Wildman–Crippen MR) is 112 cm³/mol. The van der Waals surface area contributed by atoms with Crippen molar-refractivity contribution >= 4 is 28.8 Å². The number of halogens is 2. The predicted octanol–water partition coefficient (Wildman–Crippen LogP) is 5.11. The first-order valence-electron chi connectivity index (χ1n) is 8.62. The van der Waals surface area contributed by atoms with E-state index in [1.165, 1.54) is 30.6 Å². The molecule has 29 heavy (non-hydrogen) atoms. The Morgan fingerprint density at radius 3 is 2.90 bits per heavy atom. The summed E-state index contributed by atoms with van der Waals surface area (Å²) in [5, 5.41) is 5.33. The Morgan fingerprint density at radius 2 is 2.17 bits per heavy atom. The number of amides is 1. The van der Waals surface area contributed by atoms with Crippen molar-refractivity contribution in [3.05, 3.63) is 76.5 Å². The van der Waals surface area contributed by atoms with Gasteiger partial charge in [0.2, 0.25) is 0 Å². The number of benzene rings is 2. The molecule has 2 aromatic carbocycles. The quantitative estimate of drug-likeness (QED) is 0.503. The van der Waals surface area contributed by atoms with Gasteiger partial charge in [0, 0.05) is 23.1 Å². The SMILES string of the molecule is C=CCNC(=O)c1csc(-c2ccc(OCc3c(F)cccc3Cl)c(OC)c2)n1. The number of methoxy groups -OCH3 is 1. The summed E-state index contributed by atoms with van der Waals surface area (Å²) in [4.78, 5) is 16.4. The molecule has 3 rings (SSSR count). The van der Waals surface area contributed by atoms with Crippen LogP contribution in [0, 0.1) is 5.82 Å². The largest absolute Gasteiger partial charge is 0.493 e. The number of carbonyl (C=O) groups excluding carboxylic acids is 1. The van der Waals surface area contributed by atoms with Crippen LogP contribution in [-0.2, 0) is 6.61 Å². The van der Waals surface area contributed by atoms with Crippen LogP contribution in [0.3, 0.4) is 0 Å². The van der Waals surface area contributed by atoms with Crippen molar-refractivity contribution in [1.82, 2.24) is 10.3 Å². The van der Waals surface area contributed by atoms with Gasteiger partial charge in [-0.25, -0.2) is 9.37 Å². The van der Waals surface area contributed by atoms with Crippen molar-refractivity contribution in [2.24, 2.45) is 0 Å². The van der Waals surface area contributed by atoms with E-state index in [0.717, 1.165) is 5.56 Å². The fraction of sp³-hybridized carbons (Fsp3) is 0.143. The first kappa shape index (κ1) is 20.8. The number of ether oxygens (including phenoxy) is 2. The van der Waals surface area contributed by atoms with Gasteiger partial charge in [-0.1, -0.05) is 23.7 Å². The lowest BCUT2D eigenvalue weighted by Gasteiger charge is -2.13. The Balaban J connectivity index is 1.78. The van der Waals surface area contributed by atoms with E-state index in [0.29, 0.717) is 33.8 Å². The minimum atomic E-state index is -0.432. The number of thiazole rings is 1. The van der Waals surface area contributed by atoms with Crippen LogP contribution >= 0.6 is 22.9 Å². The number of hydrogen-bond acceptors (Lipinski definition) is 5. The lowest BCUT2D eigenvalue weighted by Crippen LogP contribution is -2.23. The number of hydrogen-bond donors (Lipinski definition) is 1. The molecule has 1 N–H and O–H groups in total. The van der Waals surface area contributed by atoms with Gasteiger partial charge in [0.25, 0.3) is 5.91 Å². The van der Waals surface area contributed by atoms with Crippen molar-refractivity contribution in [2.45, 2.75) is 6.61 Å². The Hall–Kier alpha value is -2.90. The molecule has 1 aromatic heterocycles. The van der Waals surface area contributed by atoms with E-state index in [-0.39, 0.29) is 18.1 Å². The number of carbonyl (C=O) groups is 1.